The fourth-order valence-electron chi connectivity index (χ4n) is 4.09. The first-order valence-electron chi connectivity index (χ1n) is 13.8. The Kier molecular flexibility index (Phi) is 9.83. The van der Waals surface area contributed by atoms with E-state index in [0.29, 0.717) is 19.2 Å². The van der Waals surface area contributed by atoms with Crippen molar-refractivity contribution in [1.82, 2.24) is 9.55 Å². The molecule has 1 aromatic heterocycles. The Bertz CT molecular complexity index is 1220. The number of anilines is 3. The van der Waals surface area contributed by atoms with E-state index in [9.17, 15) is 4.79 Å². The number of nitrogens with one attached hydrogen (secondary N) is 1. The third-order valence-corrected chi connectivity index (χ3v) is 7.72. The van der Waals surface area contributed by atoms with Crippen LogP contribution in [0.2, 0.25) is 0 Å². The number of hydrogen-bond acceptors (Lipinski definition) is 5. The van der Waals surface area contributed by atoms with Crippen LogP contribution in [0.15, 0.2) is 47.3 Å². The standard InChI is InChI=1S/C30H45BN4O2/c1-9-18-35(19-17-22(5)10-2)25-14-12-24(13-15-25)32-28-29(36)34(8)27-20-23(11-16-26(27)33-28)31-37-30(6,7)21(3)4/h11-16,20-22,31H,9-10,17-19H2,1-8H3,(H,32,33). The van der Waals surface area contributed by atoms with Gasteiger partial charge in [0, 0.05) is 37.1 Å². The van der Waals surface area contributed by atoms with Gasteiger partial charge in [-0.1, -0.05) is 52.6 Å². The Hall–Kier alpha value is -2.80. The summed E-state index contributed by atoms with van der Waals surface area (Å²) < 4.78 is 7.81. The molecule has 0 aliphatic rings. The molecule has 0 bridgehead atoms. The molecule has 0 amide bonds. The highest BCUT2D eigenvalue weighted by Gasteiger charge is 2.23. The van der Waals surface area contributed by atoms with Crippen LogP contribution in [0, 0.1) is 11.8 Å². The molecule has 37 heavy (non-hydrogen) atoms. The SMILES string of the molecule is CCCN(CCC(C)CC)c1ccc(Nc2nc3ccc(BOC(C)(C)C(C)C)cc3n(C)c2=O)cc1. The summed E-state index contributed by atoms with van der Waals surface area (Å²) in [6.07, 6.45) is 3.51. The maximum absolute atomic E-state index is 13.1. The Morgan fingerprint density at radius 3 is 2.41 bits per heavy atom. The van der Waals surface area contributed by atoms with Crippen molar-refractivity contribution in [1.29, 1.82) is 0 Å². The Balaban J connectivity index is 1.77. The fourth-order valence-corrected chi connectivity index (χ4v) is 4.09. The van der Waals surface area contributed by atoms with Crippen LogP contribution in [0.5, 0.6) is 0 Å². The maximum Gasteiger partial charge on any atom is 0.309 e. The molecule has 3 aromatic rings. The molecule has 1 atom stereocenters. The zero-order valence-electron chi connectivity index (χ0n) is 24.1. The summed E-state index contributed by atoms with van der Waals surface area (Å²) in [5.74, 6) is 1.46. The van der Waals surface area contributed by atoms with Crippen LogP contribution in [-0.4, -0.2) is 35.7 Å². The molecule has 1 N–H and O–H groups in total. The van der Waals surface area contributed by atoms with E-state index in [0.717, 1.165) is 47.6 Å². The quantitative estimate of drug-likeness (QED) is 0.300. The van der Waals surface area contributed by atoms with E-state index in [1.807, 2.05) is 30.3 Å². The minimum atomic E-state index is -0.218. The lowest BCUT2D eigenvalue weighted by Crippen LogP contribution is -2.36. The average molecular weight is 505 g/mol. The summed E-state index contributed by atoms with van der Waals surface area (Å²) >= 11 is 0. The average Bonchev–Trinajstić information content (AvgIpc) is 2.88. The second-order valence-corrected chi connectivity index (χ2v) is 11.2. The van der Waals surface area contributed by atoms with Gasteiger partial charge in [0.1, 0.15) is 0 Å². The number of rotatable bonds is 13. The van der Waals surface area contributed by atoms with Gasteiger partial charge in [0.05, 0.1) is 11.0 Å². The molecule has 200 valence electrons. The van der Waals surface area contributed by atoms with E-state index in [4.69, 9.17) is 4.65 Å². The van der Waals surface area contributed by atoms with E-state index >= 15 is 0 Å². The van der Waals surface area contributed by atoms with Crippen molar-refractivity contribution in [2.75, 3.05) is 23.3 Å². The van der Waals surface area contributed by atoms with Gasteiger partial charge < -0.3 is 19.4 Å². The van der Waals surface area contributed by atoms with E-state index in [2.05, 4.69) is 75.8 Å². The van der Waals surface area contributed by atoms with Gasteiger partial charge in [-0.05, 0) is 74.9 Å². The molecular weight excluding hydrogens is 459 g/mol. The van der Waals surface area contributed by atoms with E-state index < -0.39 is 0 Å². The first-order valence-corrected chi connectivity index (χ1v) is 13.8. The normalized spacial score (nSPS) is 12.7. The lowest BCUT2D eigenvalue weighted by Gasteiger charge is -2.30. The van der Waals surface area contributed by atoms with Gasteiger partial charge in [0.25, 0.3) is 5.56 Å². The number of nitrogens with zero attached hydrogens (tertiary/aromatic N) is 3. The Labute approximate surface area is 223 Å². The predicted octanol–water partition coefficient (Wildman–Crippen LogP) is 5.76. The summed E-state index contributed by atoms with van der Waals surface area (Å²) in [6, 6.07) is 14.3. The number of hydrogen-bond donors (Lipinski definition) is 1. The lowest BCUT2D eigenvalue weighted by molar-refractivity contribution is 0.0668. The van der Waals surface area contributed by atoms with Crippen LogP contribution >= 0.6 is 0 Å². The first kappa shape index (κ1) is 28.8. The second kappa shape index (κ2) is 12.6. The molecule has 0 saturated carbocycles. The molecule has 0 aliphatic carbocycles. The molecule has 1 unspecified atom stereocenters. The van der Waals surface area contributed by atoms with Crippen LogP contribution in [0.3, 0.4) is 0 Å². The van der Waals surface area contributed by atoms with Crippen molar-refractivity contribution in [2.24, 2.45) is 18.9 Å². The highest BCUT2D eigenvalue weighted by molar-refractivity contribution is 6.47. The third-order valence-electron chi connectivity index (χ3n) is 7.72. The summed E-state index contributed by atoms with van der Waals surface area (Å²) in [5, 5.41) is 3.25. The van der Waals surface area contributed by atoms with Crippen molar-refractivity contribution in [3.8, 4) is 0 Å². The molecule has 0 saturated heterocycles. The highest BCUT2D eigenvalue weighted by atomic mass is 16.5. The second-order valence-electron chi connectivity index (χ2n) is 11.2. The molecular formula is C30H45BN4O2. The molecule has 6 nitrogen and oxygen atoms in total. The van der Waals surface area contributed by atoms with Gasteiger partial charge in [-0.25, -0.2) is 4.98 Å². The highest BCUT2D eigenvalue weighted by Crippen LogP contribution is 2.22. The number of fused-ring (bicyclic) bond motifs is 1. The van der Waals surface area contributed by atoms with Crippen LogP contribution < -0.4 is 21.2 Å². The predicted molar refractivity (Wildman–Crippen MR) is 160 cm³/mol. The Morgan fingerprint density at radius 1 is 1.08 bits per heavy atom. The first-order chi connectivity index (χ1) is 17.6. The zero-order chi connectivity index (χ0) is 27.2. The minimum Gasteiger partial charge on any atom is -0.429 e. The zero-order valence-corrected chi connectivity index (χ0v) is 24.1. The smallest absolute Gasteiger partial charge is 0.309 e. The fraction of sp³-hybridized carbons (Fsp3) is 0.533. The molecule has 3 rings (SSSR count). The summed E-state index contributed by atoms with van der Waals surface area (Å²) in [5.41, 5.74) is 4.29. The van der Waals surface area contributed by atoms with Crippen molar-refractivity contribution in [2.45, 2.75) is 73.3 Å². The van der Waals surface area contributed by atoms with Crippen LogP contribution in [0.25, 0.3) is 11.0 Å². The van der Waals surface area contributed by atoms with Gasteiger partial charge >= 0.3 is 7.48 Å². The molecule has 7 heteroatoms. The number of aryl methyl sites for hydroxylation is 1. The minimum absolute atomic E-state index is 0.154. The molecule has 0 fully saturated rings. The van der Waals surface area contributed by atoms with Gasteiger partial charge in [-0.3, -0.25) is 4.79 Å². The summed E-state index contributed by atoms with van der Waals surface area (Å²) in [7, 11) is 2.29. The number of aromatic nitrogens is 2. The van der Waals surface area contributed by atoms with Crippen molar-refractivity contribution >= 4 is 41.2 Å². The van der Waals surface area contributed by atoms with Crippen LogP contribution in [0.1, 0.15) is 67.7 Å². The van der Waals surface area contributed by atoms with Crippen LogP contribution in [0.4, 0.5) is 17.2 Å². The number of benzene rings is 2. The molecule has 0 spiro atoms. The molecule has 1 heterocycles. The van der Waals surface area contributed by atoms with Crippen LogP contribution in [-0.2, 0) is 11.7 Å². The van der Waals surface area contributed by atoms with Gasteiger partial charge in [0.2, 0.25) is 0 Å². The van der Waals surface area contributed by atoms with Crippen molar-refractivity contribution < 1.29 is 4.65 Å². The summed E-state index contributed by atoms with van der Waals surface area (Å²) in [4.78, 5) is 20.3. The van der Waals surface area contributed by atoms with E-state index in [1.54, 1.807) is 11.6 Å². The molecule has 2 aromatic carbocycles. The lowest BCUT2D eigenvalue weighted by atomic mass is 9.84. The Morgan fingerprint density at radius 2 is 1.78 bits per heavy atom. The van der Waals surface area contributed by atoms with Crippen molar-refractivity contribution in [3.05, 3.63) is 52.8 Å². The topological polar surface area (TPSA) is 59.4 Å². The maximum atomic E-state index is 13.1. The van der Waals surface area contributed by atoms with E-state index in [1.165, 1.54) is 18.5 Å². The molecule has 0 radical (unpaired) electrons. The van der Waals surface area contributed by atoms with E-state index in [-0.39, 0.29) is 11.2 Å². The third kappa shape index (κ3) is 7.38. The largest absolute Gasteiger partial charge is 0.429 e. The van der Waals surface area contributed by atoms with Gasteiger partial charge in [0.15, 0.2) is 5.82 Å². The molecule has 0 aliphatic heterocycles. The summed E-state index contributed by atoms with van der Waals surface area (Å²) in [6.45, 7) is 17.4. The monoisotopic (exact) mass is 504 g/mol. The van der Waals surface area contributed by atoms with Gasteiger partial charge in [-0.2, -0.15) is 0 Å². The van der Waals surface area contributed by atoms with Gasteiger partial charge in [-0.15, -0.1) is 0 Å². The van der Waals surface area contributed by atoms with Crippen molar-refractivity contribution in [3.63, 3.8) is 0 Å².